The first-order valence-electron chi connectivity index (χ1n) is 9.29. The molecule has 0 saturated carbocycles. The van der Waals surface area contributed by atoms with Crippen LogP contribution in [0, 0.1) is 11.6 Å². The summed E-state index contributed by atoms with van der Waals surface area (Å²) in [6.45, 7) is 2.90. The van der Waals surface area contributed by atoms with Crippen molar-refractivity contribution < 1.29 is 23.1 Å². The number of rotatable bonds is 6. The summed E-state index contributed by atoms with van der Waals surface area (Å²) in [4.78, 5) is 26.6. The Labute approximate surface area is 172 Å². The summed E-state index contributed by atoms with van der Waals surface area (Å²) in [5.74, 6) is -2.34. The smallest absolute Gasteiger partial charge is 0.318 e. The van der Waals surface area contributed by atoms with Crippen LogP contribution in [-0.4, -0.2) is 37.3 Å². The normalized spacial score (nSPS) is 14.6. The molecule has 1 fully saturated rings. The Hall–Kier alpha value is -2.61. The lowest BCUT2D eigenvalue weighted by Gasteiger charge is -2.20. The summed E-state index contributed by atoms with van der Waals surface area (Å²) < 4.78 is 33.7. The average molecular weight is 420 g/mol. The highest BCUT2D eigenvalue weighted by molar-refractivity contribution is 8.00. The van der Waals surface area contributed by atoms with Gasteiger partial charge < -0.3 is 15.0 Å². The number of ether oxygens (including phenoxy) is 1. The summed E-state index contributed by atoms with van der Waals surface area (Å²) in [5, 5.41) is 2.04. The van der Waals surface area contributed by atoms with Crippen LogP contribution in [0.15, 0.2) is 41.3 Å². The number of hydrogen-bond donors (Lipinski definition) is 1. The van der Waals surface area contributed by atoms with Crippen LogP contribution < -0.4 is 10.2 Å². The number of nitrogens with one attached hydrogen (secondary N) is 1. The largest absolute Gasteiger partial charge is 0.468 e. The SMILES string of the molecule is COC(=O)C(C)Sc1ccccc1C(=O)Nc1cc(F)c(N2CCCC2)c(F)c1. The van der Waals surface area contributed by atoms with Gasteiger partial charge in [-0.3, -0.25) is 9.59 Å². The van der Waals surface area contributed by atoms with Gasteiger partial charge in [-0.15, -0.1) is 11.8 Å². The second-order valence-electron chi connectivity index (χ2n) is 6.72. The minimum Gasteiger partial charge on any atom is -0.468 e. The third-order valence-corrected chi connectivity index (χ3v) is 5.82. The van der Waals surface area contributed by atoms with Crippen LogP contribution in [-0.2, 0) is 9.53 Å². The number of carbonyl (C=O) groups excluding carboxylic acids is 2. The Morgan fingerprint density at radius 3 is 2.38 bits per heavy atom. The fourth-order valence-corrected chi connectivity index (χ4v) is 4.26. The number of methoxy groups -OCH3 is 1. The van der Waals surface area contributed by atoms with Crippen molar-refractivity contribution in [3.05, 3.63) is 53.6 Å². The molecule has 0 aromatic heterocycles. The summed E-state index contributed by atoms with van der Waals surface area (Å²) >= 11 is 1.18. The van der Waals surface area contributed by atoms with Crippen molar-refractivity contribution in [3.63, 3.8) is 0 Å². The molecule has 1 unspecified atom stereocenters. The van der Waals surface area contributed by atoms with E-state index in [1.54, 1.807) is 36.1 Å². The van der Waals surface area contributed by atoms with Crippen molar-refractivity contribution in [1.29, 1.82) is 0 Å². The molecule has 2 aromatic rings. The van der Waals surface area contributed by atoms with E-state index in [2.05, 4.69) is 5.32 Å². The zero-order chi connectivity index (χ0) is 21.0. The number of thioether (sulfide) groups is 1. The van der Waals surface area contributed by atoms with E-state index in [4.69, 9.17) is 4.74 Å². The molecule has 2 aromatic carbocycles. The minimum absolute atomic E-state index is 0.0359. The van der Waals surface area contributed by atoms with Gasteiger partial charge in [0.2, 0.25) is 0 Å². The van der Waals surface area contributed by atoms with Crippen molar-refractivity contribution in [2.24, 2.45) is 0 Å². The van der Waals surface area contributed by atoms with Gasteiger partial charge in [0.15, 0.2) is 11.6 Å². The van der Waals surface area contributed by atoms with Crippen LogP contribution in [0.1, 0.15) is 30.1 Å². The maximum atomic E-state index is 14.5. The molecule has 0 bridgehead atoms. The fraction of sp³-hybridized carbons (Fsp3) is 0.333. The number of benzene rings is 2. The molecular weight excluding hydrogens is 398 g/mol. The van der Waals surface area contributed by atoms with Crippen molar-refractivity contribution >= 4 is 35.0 Å². The lowest BCUT2D eigenvalue weighted by atomic mass is 10.2. The molecule has 0 radical (unpaired) electrons. The second-order valence-corrected chi connectivity index (χ2v) is 8.10. The first-order valence-corrected chi connectivity index (χ1v) is 10.2. The Kier molecular flexibility index (Phi) is 6.74. The van der Waals surface area contributed by atoms with Gasteiger partial charge in [0.05, 0.1) is 12.7 Å². The maximum absolute atomic E-state index is 14.5. The molecule has 0 aliphatic carbocycles. The van der Waals surface area contributed by atoms with E-state index < -0.39 is 28.8 Å². The van der Waals surface area contributed by atoms with Gasteiger partial charge in [-0.2, -0.15) is 0 Å². The van der Waals surface area contributed by atoms with Crippen molar-refractivity contribution in [1.82, 2.24) is 0 Å². The number of anilines is 2. The van der Waals surface area contributed by atoms with Gasteiger partial charge in [0.1, 0.15) is 10.9 Å². The van der Waals surface area contributed by atoms with E-state index in [0.29, 0.717) is 23.5 Å². The number of nitrogens with zero attached hydrogens (tertiary/aromatic N) is 1. The number of esters is 1. The lowest BCUT2D eigenvalue weighted by molar-refractivity contribution is -0.139. The van der Waals surface area contributed by atoms with Crippen LogP contribution in [0.5, 0.6) is 0 Å². The van der Waals surface area contributed by atoms with Gasteiger partial charge in [-0.05, 0) is 44.0 Å². The molecule has 1 saturated heterocycles. The van der Waals surface area contributed by atoms with Gasteiger partial charge in [-0.1, -0.05) is 12.1 Å². The monoisotopic (exact) mass is 420 g/mol. The van der Waals surface area contributed by atoms with E-state index in [1.165, 1.54) is 18.9 Å². The molecule has 1 N–H and O–H groups in total. The highest BCUT2D eigenvalue weighted by Gasteiger charge is 2.23. The predicted molar refractivity (Wildman–Crippen MR) is 110 cm³/mol. The van der Waals surface area contributed by atoms with Gasteiger partial charge in [-0.25, -0.2) is 8.78 Å². The summed E-state index contributed by atoms with van der Waals surface area (Å²) in [6.07, 6.45) is 1.80. The summed E-state index contributed by atoms with van der Waals surface area (Å²) in [7, 11) is 1.30. The fourth-order valence-electron chi connectivity index (χ4n) is 3.24. The summed E-state index contributed by atoms with van der Waals surface area (Å²) in [5.41, 5.74) is 0.287. The molecule has 1 heterocycles. The van der Waals surface area contributed by atoms with E-state index >= 15 is 0 Å². The quantitative estimate of drug-likeness (QED) is 0.552. The Morgan fingerprint density at radius 1 is 1.14 bits per heavy atom. The molecule has 1 atom stereocenters. The van der Waals surface area contributed by atoms with Crippen LogP contribution in [0.25, 0.3) is 0 Å². The van der Waals surface area contributed by atoms with Crippen molar-refractivity contribution in [3.8, 4) is 0 Å². The molecule has 8 heteroatoms. The number of amides is 1. The Balaban J connectivity index is 1.79. The molecule has 3 rings (SSSR count). The number of hydrogen-bond acceptors (Lipinski definition) is 5. The van der Waals surface area contributed by atoms with Crippen LogP contribution in [0.4, 0.5) is 20.2 Å². The molecule has 29 heavy (non-hydrogen) atoms. The third-order valence-electron chi connectivity index (χ3n) is 4.67. The topological polar surface area (TPSA) is 58.6 Å². The molecule has 154 valence electrons. The van der Waals surface area contributed by atoms with E-state index in [0.717, 1.165) is 25.0 Å². The molecule has 1 aliphatic rings. The zero-order valence-electron chi connectivity index (χ0n) is 16.2. The predicted octanol–water partition coefficient (Wildman–Crippen LogP) is 4.47. The first-order chi connectivity index (χ1) is 13.9. The van der Waals surface area contributed by atoms with Crippen molar-refractivity contribution in [2.75, 3.05) is 30.4 Å². The Morgan fingerprint density at radius 2 is 1.76 bits per heavy atom. The van der Waals surface area contributed by atoms with Gasteiger partial charge in [0.25, 0.3) is 5.91 Å². The third kappa shape index (κ3) is 4.87. The number of carbonyl (C=O) groups is 2. The van der Waals surface area contributed by atoms with Gasteiger partial charge in [0, 0.05) is 23.7 Å². The van der Waals surface area contributed by atoms with Crippen molar-refractivity contribution in [2.45, 2.75) is 29.9 Å². The summed E-state index contributed by atoms with van der Waals surface area (Å²) in [6, 6.07) is 8.97. The molecule has 0 spiro atoms. The zero-order valence-corrected chi connectivity index (χ0v) is 17.0. The minimum atomic E-state index is -0.704. The highest BCUT2D eigenvalue weighted by Crippen LogP contribution is 2.31. The average Bonchev–Trinajstić information content (AvgIpc) is 3.21. The first kappa shape index (κ1) is 21.1. The Bertz CT molecular complexity index is 894. The van der Waals surface area contributed by atoms with Crippen LogP contribution in [0.3, 0.4) is 0 Å². The van der Waals surface area contributed by atoms with Gasteiger partial charge >= 0.3 is 5.97 Å². The second kappa shape index (κ2) is 9.26. The highest BCUT2D eigenvalue weighted by atomic mass is 32.2. The molecule has 5 nitrogen and oxygen atoms in total. The molecule has 1 aliphatic heterocycles. The van der Waals surface area contributed by atoms with Crippen LogP contribution >= 0.6 is 11.8 Å². The van der Waals surface area contributed by atoms with E-state index in [-0.39, 0.29) is 11.4 Å². The number of halogens is 2. The standard InChI is InChI=1S/C21H22F2N2O3S/c1-13(21(27)28-2)29-18-8-4-3-7-15(18)20(26)24-14-11-16(22)19(17(23)12-14)25-9-5-6-10-25/h3-4,7-8,11-13H,5-6,9-10H2,1-2H3,(H,24,26). The lowest BCUT2D eigenvalue weighted by Crippen LogP contribution is -2.21. The molecule has 1 amide bonds. The van der Waals surface area contributed by atoms with E-state index in [9.17, 15) is 18.4 Å². The molecular formula is C21H22F2N2O3S. The van der Waals surface area contributed by atoms with Crippen LogP contribution in [0.2, 0.25) is 0 Å². The maximum Gasteiger partial charge on any atom is 0.318 e. The van der Waals surface area contributed by atoms with E-state index in [1.807, 2.05) is 0 Å².